The number of rotatable bonds is 0. The second-order valence-corrected chi connectivity index (χ2v) is 4.35. The van der Waals surface area contributed by atoms with Gasteiger partial charge >= 0.3 is 0 Å². The third kappa shape index (κ3) is 1.10. The molecule has 3 aromatic heterocycles. The van der Waals surface area contributed by atoms with Gasteiger partial charge < -0.3 is 5.73 Å². The van der Waals surface area contributed by atoms with E-state index < -0.39 is 0 Å². The highest BCUT2D eigenvalue weighted by Gasteiger charge is 2.11. The summed E-state index contributed by atoms with van der Waals surface area (Å²) in [5.41, 5.74) is 7.88. The molecule has 5 heteroatoms. The zero-order valence-corrected chi connectivity index (χ0v) is 8.88. The van der Waals surface area contributed by atoms with E-state index in [-0.39, 0.29) is 0 Å². The van der Waals surface area contributed by atoms with Crippen LogP contribution >= 0.6 is 11.3 Å². The maximum absolute atomic E-state index is 5.80. The van der Waals surface area contributed by atoms with E-state index in [1.54, 1.807) is 17.5 Å². The molecule has 0 aliphatic rings. The third-order valence-corrected chi connectivity index (χ3v) is 3.50. The van der Waals surface area contributed by atoms with Crippen molar-refractivity contribution in [1.82, 2.24) is 15.0 Å². The summed E-state index contributed by atoms with van der Waals surface area (Å²) in [5.74, 6) is 0.530. The van der Waals surface area contributed by atoms with E-state index in [4.69, 9.17) is 5.73 Å². The van der Waals surface area contributed by atoms with Gasteiger partial charge in [0, 0.05) is 11.6 Å². The van der Waals surface area contributed by atoms with Crippen LogP contribution in [0.15, 0.2) is 18.6 Å². The van der Waals surface area contributed by atoms with Crippen LogP contribution in [0.25, 0.3) is 20.4 Å². The Kier molecular flexibility index (Phi) is 1.63. The van der Waals surface area contributed by atoms with Crippen LogP contribution in [0.5, 0.6) is 0 Å². The molecule has 0 aromatic carbocycles. The third-order valence-electron chi connectivity index (χ3n) is 2.39. The molecule has 74 valence electrons. The smallest absolute Gasteiger partial charge is 0.144 e. The van der Waals surface area contributed by atoms with Crippen molar-refractivity contribution in [2.75, 3.05) is 5.73 Å². The number of nitrogens with two attached hydrogens (primary N) is 1. The Bertz CT molecular complexity index is 659. The summed E-state index contributed by atoms with van der Waals surface area (Å²) in [6.45, 7) is 2.05. The van der Waals surface area contributed by atoms with Gasteiger partial charge in [0.2, 0.25) is 0 Å². The van der Waals surface area contributed by atoms with E-state index in [9.17, 15) is 0 Å². The van der Waals surface area contributed by atoms with Gasteiger partial charge in [-0.25, -0.2) is 15.0 Å². The van der Waals surface area contributed by atoms with Crippen molar-refractivity contribution in [1.29, 1.82) is 0 Å². The predicted molar refractivity (Wildman–Crippen MR) is 61.9 cm³/mol. The first kappa shape index (κ1) is 8.55. The van der Waals surface area contributed by atoms with E-state index in [0.29, 0.717) is 5.82 Å². The topological polar surface area (TPSA) is 64.7 Å². The molecule has 0 unspecified atom stereocenters. The molecule has 0 bridgehead atoms. The highest BCUT2D eigenvalue weighted by Crippen LogP contribution is 2.34. The summed E-state index contributed by atoms with van der Waals surface area (Å²) in [6, 6.07) is 1.98. The first-order valence-electron chi connectivity index (χ1n) is 4.51. The minimum atomic E-state index is 0.530. The quantitative estimate of drug-likeness (QED) is 0.625. The number of nitrogens with zero attached hydrogens (tertiary/aromatic N) is 3. The first-order chi connectivity index (χ1) is 7.27. The number of thiophene rings is 1. The Morgan fingerprint density at radius 1 is 1.27 bits per heavy atom. The van der Waals surface area contributed by atoms with Gasteiger partial charge in [0.1, 0.15) is 17.0 Å². The minimum Gasteiger partial charge on any atom is -0.382 e. The maximum atomic E-state index is 5.80. The summed E-state index contributed by atoms with van der Waals surface area (Å²) in [7, 11) is 0. The summed E-state index contributed by atoms with van der Waals surface area (Å²) in [5, 5.41) is 1.09. The molecular weight excluding hydrogens is 208 g/mol. The number of hydrogen-bond acceptors (Lipinski definition) is 5. The molecule has 0 atom stereocenters. The number of aromatic nitrogens is 3. The molecule has 0 fully saturated rings. The normalized spacial score (nSPS) is 11.3. The summed E-state index contributed by atoms with van der Waals surface area (Å²) >= 11 is 1.54. The fraction of sp³-hybridized carbons (Fsp3) is 0.100. The fourth-order valence-electron chi connectivity index (χ4n) is 1.66. The van der Waals surface area contributed by atoms with E-state index in [1.165, 1.54) is 11.9 Å². The average Bonchev–Trinajstić information content (AvgIpc) is 2.59. The molecule has 15 heavy (non-hydrogen) atoms. The van der Waals surface area contributed by atoms with Gasteiger partial charge in [-0.15, -0.1) is 11.3 Å². The van der Waals surface area contributed by atoms with E-state index in [0.717, 1.165) is 20.4 Å². The molecule has 3 heterocycles. The summed E-state index contributed by atoms with van der Waals surface area (Å²) in [6.07, 6.45) is 3.30. The van der Waals surface area contributed by atoms with Gasteiger partial charge in [-0.05, 0) is 18.6 Å². The monoisotopic (exact) mass is 216 g/mol. The Balaban J connectivity index is 2.65. The molecule has 0 aliphatic carbocycles. The molecule has 3 rings (SSSR count). The molecule has 4 nitrogen and oxygen atoms in total. The summed E-state index contributed by atoms with van der Waals surface area (Å²) in [4.78, 5) is 13.5. The van der Waals surface area contributed by atoms with Crippen molar-refractivity contribution in [3.8, 4) is 0 Å². The predicted octanol–water partition coefficient (Wildman–Crippen LogP) is 2.13. The van der Waals surface area contributed by atoms with Gasteiger partial charge in [-0.3, -0.25) is 0 Å². The molecule has 0 saturated heterocycles. The van der Waals surface area contributed by atoms with Crippen molar-refractivity contribution in [2.45, 2.75) is 6.92 Å². The Labute approximate surface area is 89.8 Å². The lowest BCUT2D eigenvalue weighted by molar-refractivity contribution is 1.24. The van der Waals surface area contributed by atoms with Gasteiger partial charge in [-0.1, -0.05) is 0 Å². The van der Waals surface area contributed by atoms with Crippen LogP contribution in [0, 0.1) is 6.92 Å². The Morgan fingerprint density at radius 2 is 2.13 bits per heavy atom. The van der Waals surface area contributed by atoms with E-state index in [2.05, 4.69) is 21.9 Å². The maximum Gasteiger partial charge on any atom is 0.144 e. The van der Waals surface area contributed by atoms with Crippen LogP contribution in [-0.2, 0) is 0 Å². The largest absolute Gasteiger partial charge is 0.382 e. The second-order valence-electron chi connectivity index (χ2n) is 3.35. The lowest BCUT2D eigenvalue weighted by atomic mass is 10.2. The highest BCUT2D eigenvalue weighted by molar-refractivity contribution is 7.25. The highest BCUT2D eigenvalue weighted by atomic mass is 32.1. The summed E-state index contributed by atoms with van der Waals surface area (Å²) < 4.78 is 0.925. The molecule has 0 aliphatic heterocycles. The Hall–Kier alpha value is -1.75. The molecule has 0 spiro atoms. The van der Waals surface area contributed by atoms with Crippen LogP contribution in [0.2, 0.25) is 0 Å². The standard InChI is InChI=1S/C10H8N4S/c1-5-2-3-12-10-6(5)7-8(15-10)9(11)14-4-13-7/h2-4H,1H3,(H2,11,13,14). The van der Waals surface area contributed by atoms with Gasteiger partial charge in [-0.2, -0.15) is 0 Å². The van der Waals surface area contributed by atoms with Crippen molar-refractivity contribution in [3.63, 3.8) is 0 Å². The van der Waals surface area contributed by atoms with Crippen molar-refractivity contribution in [3.05, 3.63) is 24.2 Å². The number of hydrogen-bond donors (Lipinski definition) is 1. The Morgan fingerprint density at radius 3 is 3.00 bits per heavy atom. The molecule has 0 saturated carbocycles. The SMILES string of the molecule is Cc1ccnc2sc3c(N)ncnc3c12. The molecule has 0 amide bonds. The number of nitrogen functional groups attached to an aromatic ring is 1. The van der Waals surface area contributed by atoms with Crippen LogP contribution in [0.1, 0.15) is 5.56 Å². The lowest BCUT2D eigenvalue weighted by Gasteiger charge is -1.95. The lowest BCUT2D eigenvalue weighted by Crippen LogP contribution is -1.90. The zero-order chi connectivity index (χ0) is 10.4. The van der Waals surface area contributed by atoms with Crippen LogP contribution in [0.3, 0.4) is 0 Å². The minimum absolute atomic E-state index is 0.530. The van der Waals surface area contributed by atoms with Gasteiger partial charge in [0.25, 0.3) is 0 Å². The van der Waals surface area contributed by atoms with Gasteiger partial charge in [0.15, 0.2) is 0 Å². The molecule has 2 N–H and O–H groups in total. The molecular formula is C10H8N4S. The number of pyridine rings is 1. The van der Waals surface area contributed by atoms with Crippen LogP contribution in [0.4, 0.5) is 5.82 Å². The zero-order valence-electron chi connectivity index (χ0n) is 8.06. The van der Waals surface area contributed by atoms with Crippen molar-refractivity contribution >= 4 is 37.6 Å². The van der Waals surface area contributed by atoms with Crippen LogP contribution < -0.4 is 5.73 Å². The van der Waals surface area contributed by atoms with Gasteiger partial charge in [0.05, 0.1) is 10.2 Å². The van der Waals surface area contributed by atoms with E-state index >= 15 is 0 Å². The number of aryl methyl sites for hydroxylation is 1. The first-order valence-corrected chi connectivity index (χ1v) is 5.33. The average molecular weight is 216 g/mol. The second kappa shape index (κ2) is 2.87. The fourth-order valence-corrected chi connectivity index (χ4v) is 2.74. The van der Waals surface area contributed by atoms with Crippen molar-refractivity contribution < 1.29 is 0 Å². The van der Waals surface area contributed by atoms with Crippen LogP contribution in [-0.4, -0.2) is 15.0 Å². The van der Waals surface area contributed by atoms with E-state index in [1.807, 2.05) is 6.07 Å². The number of anilines is 1. The molecule has 3 aromatic rings. The van der Waals surface area contributed by atoms with Crippen molar-refractivity contribution in [2.24, 2.45) is 0 Å². The molecule has 0 radical (unpaired) electrons. The number of fused-ring (bicyclic) bond motifs is 3.